The Morgan fingerprint density at radius 2 is 1.85 bits per heavy atom. The first-order valence-corrected chi connectivity index (χ1v) is 5.31. The molecule has 76 valence electrons. The average molecular weight is 182 g/mol. The molecule has 1 N–H and O–H groups in total. The second kappa shape index (κ2) is 6.05. The Balaban J connectivity index is 4.41. The minimum Gasteiger partial charge on any atom is -0.380 e. The Kier molecular flexibility index (Phi) is 5.82. The Morgan fingerprint density at radius 3 is 2.15 bits per heavy atom. The van der Waals surface area contributed by atoms with Gasteiger partial charge in [0.25, 0.3) is 0 Å². The van der Waals surface area contributed by atoms with Gasteiger partial charge < -0.3 is 5.11 Å². The van der Waals surface area contributed by atoms with Gasteiger partial charge in [-0.3, -0.25) is 0 Å². The van der Waals surface area contributed by atoms with Crippen LogP contribution in [0.2, 0.25) is 0 Å². The molecule has 1 atom stereocenters. The minimum absolute atomic E-state index is 0.0369. The van der Waals surface area contributed by atoms with Crippen molar-refractivity contribution < 1.29 is 5.11 Å². The van der Waals surface area contributed by atoms with Gasteiger partial charge in [-0.2, -0.15) is 0 Å². The molecule has 0 saturated heterocycles. The summed E-state index contributed by atoms with van der Waals surface area (Å²) in [6.45, 7) is 6.39. The molecule has 0 aromatic heterocycles. The summed E-state index contributed by atoms with van der Waals surface area (Å²) in [5.74, 6) is 2.47. The quantitative estimate of drug-likeness (QED) is 0.626. The summed E-state index contributed by atoms with van der Waals surface area (Å²) in [6, 6.07) is 0. The van der Waals surface area contributed by atoms with Gasteiger partial charge >= 0.3 is 0 Å². The van der Waals surface area contributed by atoms with Gasteiger partial charge in [0.1, 0.15) is 6.10 Å². The van der Waals surface area contributed by atoms with Crippen molar-refractivity contribution in [1.82, 2.24) is 0 Å². The van der Waals surface area contributed by atoms with Gasteiger partial charge in [0.15, 0.2) is 0 Å². The molecule has 0 bridgehead atoms. The highest BCUT2D eigenvalue weighted by atomic mass is 16.3. The van der Waals surface area contributed by atoms with Crippen LogP contribution < -0.4 is 0 Å². The molecule has 0 aliphatic carbocycles. The number of hydrogen-bond acceptors (Lipinski definition) is 1. The fraction of sp³-hybridized carbons (Fsp3) is 0.833. The van der Waals surface area contributed by atoms with E-state index in [2.05, 4.69) is 26.7 Å². The number of hydrogen-bond donors (Lipinski definition) is 1. The van der Waals surface area contributed by atoms with E-state index in [0.717, 1.165) is 25.7 Å². The molecule has 0 heterocycles. The second-order valence-electron chi connectivity index (χ2n) is 3.74. The molecule has 0 amide bonds. The van der Waals surface area contributed by atoms with Gasteiger partial charge in [0.05, 0.1) is 0 Å². The van der Waals surface area contributed by atoms with Crippen LogP contribution in [0.25, 0.3) is 0 Å². The summed E-state index contributed by atoms with van der Waals surface area (Å²) >= 11 is 0. The first-order valence-electron chi connectivity index (χ1n) is 5.31. The molecule has 0 aliphatic rings. The lowest BCUT2D eigenvalue weighted by Crippen LogP contribution is -2.33. The predicted molar refractivity (Wildman–Crippen MR) is 57.4 cm³/mol. The molecular formula is C12H22O. The number of unbranched alkanes of at least 4 members (excludes halogenated alkanes) is 1. The van der Waals surface area contributed by atoms with Crippen LogP contribution in [0.1, 0.15) is 52.9 Å². The highest BCUT2D eigenvalue weighted by Crippen LogP contribution is 2.36. The van der Waals surface area contributed by atoms with E-state index in [0.29, 0.717) is 0 Å². The molecule has 0 rings (SSSR count). The summed E-state index contributed by atoms with van der Waals surface area (Å²) in [7, 11) is 0. The van der Waals surface area contributed by atoms with E-state index >= 15 is 0 Å². The number of rotatable bonds is 6. The third-order valence-corrected chi connectivity index (χ3v) is 3.17. The lowest BCUT2D eigenvalue weighted by atomic mass is 9.73. The van der Waals surface area contributed by atoms with E-state index in [1.54, 1.807) is 0 Å². The molecule has 1 nitrogen and oxygen atoms in total. The maximum absolute atomic E-state index is 9.76. The molecule has 0 spiro atoms. The van der Waals surface area contributed by atoms with E-state index in [9.17, 15) is 5.11 Å². The van der Waals surface area contributed by atoms with E-state index in [-0.39, 0.29) is 5.41 Å². The lowest BCUT2D eigenvalue weighted by molar-refractivity contribution is 0.0509. The Labute approximate surface area is 82.5 Å². The minimum atomic E-state index is -0.575. The van der Waals surface area contributed by atoms with Crippen LogP contribution in [0.5, 0.6) is 0 Å². The van der Waals surface area contributed by atoms with Gasteiger partial charge in [0.2, 0.25) is 0 Å². The van der Waals surface area contributed by atoms with Gasteiger partial charge in [-0.25, -0.2) is 0 Å². The molecule has 0 aromatic carbocycles. The van der Waals surface area contributed by atoms with Gasteiger partial charge in [-0.15, -0.1) is 6.42 Å². The second-order valence-corrected chi connectivity index (χ2v) is 3.74. The van der Waals surface area contributed by atoms with Gasteiger partial charge in [-0.1, -0.05) is 39.5 Å². The zero-order valence-corrected chi connectivity index (χ0v) is 9.14. The number of aliphatic hydroxyl groups is 1. The van der Waals surface area contributed by atoms with Crippen molar-refractivity contribution in [2.24, 2.45) is 5.41 Å². The predicted octanol–water partition coefficient (Wildman–Crippen LogP) is 2.98. The maximum atomic E-state index is 9.76. The molecule has 0 aromatic rings. The van der Waals surface area contributed by atoms with Crippen LogP contribution in [-0.2, 0) is 0 Å². The van der Waals surface area contributed by atoms with Crippen LogP contribution in [0.4, 0.5) is 0 Å². The summed E-state index contributed by atoms with van der Waals surface area (Å²) in [5.41, 5.74) is -0.0369. The molecule has 0 fully saturated rings. The fourth-order valence-corrected chi connectivity index (χ4v) is 1.83. The van der Waals surface area contributed by atoms with Crippen molar-refractivity contribution >= 4 is 0 Å². The molecule has 13 heavy (non-hydrogen) atoms. The van der Waals surface area contributed by atoms with Crippen LogP contribution in [0, 0.1) is 17.8 Å². The Bertz CT molecular complexity index is 162. The third-order valence-electron chi connectivity index (χ3n) is 3.17. The topological polar surface area (TPSA) is 20.2 Å². The zero-order valence-electron chi connectivity index (χ0n) is 9.14. The van der Waals surface area contributed by atoms with Crippen LogP contribution in [-0.4, -0.2) is 11.2 Å². The molecular weight excluding hydrogens is 160 g/mol. The molecule has 0 aliphatic heterocycles. The summed E-state index contributed by atoms with van der Waals surface area (Å²) in [4.78, 5) is 0. The summed E-state index contributed by atoms with van der Waals surface area (Å²) in [6.07, 6.45) is 10.0. The fourth-order valence-electron chi connectivity index (χ4n) is 1.83. The Morgan fingerprint density at radius 1 is 1.31 bits per heavy atom. The molecule has 0 radical (unpaired) electrons. The standard InChI is InChI=1S/C12H22O/c1-5-9-10-12(7-3,8-4)11(13)6-2/h2,11,13H,5,7-10H2,1,3-4H3. The SMILES string of the molecule is C#CC(O)C(CC)(CC)CCCC. The third kappa shape index (κ3) is 3.04. The van der Waals surface area contributed by atoms with Crippen molar-refractivity contribution in [3.8, 4) is 12.3 Å². The smallest absolute Gasteiger partial charge is 0.120 e. The van der Waals surface area contributed by atoms with Crippen LogP contribution >= 0.6 is 0 Å². The van der Waals surface area contributed by atoms with Crippen molar-refractivity contribution in [3.63, 3.8) is 0 Å². The molecule has 0 saturated carbocycles. The molecule has 1 heteroatoms. The normalized spacial score (nSPS) is 13.8. The summed E-state index contributed by atoms with van der Waals surface area (Å²) in [5, 5.41) is 9.76. The Hall–Kier alpha value is -0.480. The monoisotopic (exact) mass is 182 g/mol. The first kappa shape index (κ1) is 12.5. The first-order chi connectivity index (χ1) is 6.16. The van der Waals surface area contributed by atoms with Crippen LogP contribution in [0.15, 0.2) is 0 Å². The highest BCUT2D eigenvalue weighted by Gasteiger charge is 2.32. The summed E-state index contributed by atoms with van der Waals surface area (Å²) < 4.78 is 0. The van der Waals surface area contributed by atoms with E-state index in [1.165, 1.54) is 6.42 Å². The van der Waals surface area contributed by atoms with Crippen molar-refractivity contribution in [1.29, 1.82) is 0 Å². The van der Waals surface area contributed by atoms with E-state index in [1.807, 2.05) is 0 Å². The lowest BCUT2D eigenvalue weighted by Gasteiger charge is -2.34. The van der Waals surface area contributed by atoms with E-state index < -0.39 is 6.10 Å². The van der Waals surface area contributed by atoms with Crippen molar-refractivity contribution in [3.05, 3.63) is 0 Å². The maximum Gasteiger partial charge on any atom is 0.120 e. The van der Waals surface area contributed by atoms with Crippen LogP contribution in [0.3, 0.4) is 0 Å². The van der Waals surface area contributed by atoms with Gasteiger partial charge in [0, 0.05) is 5.41 Å². The van der Waals surface area contributed by atoms with E-state index in [4.69, 9.17) is 6.42 Å². The van der Waals surface area contributed by atoms with Crippen molar-refractivity contribution in [2.45, 2.75) is 59.0 Å². The van der Waals surface area contributed by atoms with Crippen molar-refractivity contribution in [2.75, 3.05) is 0 Å². The largest absolute Gasteiger partial charge is 0.380 e. The average Bonchev–Trinajstić information content (AvgIpc) is 2.19. The number of aliphatic hydroxyl groups excluding tert-OH is 1. The molecule has 1 unspecified atom stereocenters. The highest BCUT2D eigenvalue weighted by molar-refractivity contribution is 5.03. The zero-order chi connectivity index (χ0) is 10.3. The van der Waals surface area contributed by atoms with Gasteiger partial charge in [-0.05, 0) is 19.3 Å². The number of terminal acetylenes is 1.